The first kappa shape index (κ1) is 8.25. The molecule has 0 fully saturated rings. The molecule has 1 aromatic heterocycles. The number of aromatic nitrogens is 2. The lowest BCUT2D eigenvalue weighted by Crippen LogP contribution is -2.39. The molecule has 0 bridgehead atoms. The SMILES string of the molecule is Cn1c2c(c(=O)n(C)c1=O)COC2. The van der Waals surface area contributed by atoms with Crippen LogP contribution >= 0.6 is 0 Å². The van der Waals surface area contributed by atoms with Gasteiger partial charge in [0, 0.05) is 14.1 Å². The molecule has 70 valence electrons. The molecule has 1 aromatic rings. The highest BCUT2D eigenvalue weighted by atomic mass is 16.5. The first-order chi connectivity index (χ1) is 6.13. The van der Waals surface area contributed by atoms with Crippen LogP contribution in [0.25, 0.3) is 0 Å². The fraction of sp³-hybridized carbons (Fsp3) is 0.500. The summed E-state index contributed by atoms with van der Waals surface area (Å²) in [5.41, 5.74) is 0.766. The van der Waals surface area contributed by atoms with Crippen molar-refractivity contribution in [3.63, 3.8) is 0 Å². The van der Waals surface area contributed by atoms with Crippen molar-refractivity contribution >= 4 is 0 Å². The maximum atomic E-state index is 11.5. The molecule has 1 aliphatic rings. The minimum Gasteiger partial charge on any atom is -0.370 e. The van der Waals surface area contributed by atoms with Crippen LogP contribution in [0.5, 0.6) is 0 Å². The van der Waals surface area contributed by atoms with Crippen molar-refractivity contribution in [2.24, 2.45) is 14.1 Å². The summed E-state index contributed by atoms with van der Waals surface area (Å²) in [6, 6.07) is 0. The van der Waals surface area contributed by atoms with Crippen molar-refractivity contribution in [1.82, 2.24) is 9.13 Å². The summed E-state index contributed by atoms with van der Waals surface area (Å²) in [5, 5.41) is 0. The third-order valence-electron chi connectivity index (χ3n) is 2.38. The number of hydrogen-bond acceptors (Lipinski definition) is 3. The molecule has 0 amide bonds. The molecule has 0 N–H and O–H groups in total. The van der Waals surface area contributed by atoms with Crippen molar-refractivity contribution < 1.29 is 4.74 Å². The monoisotopic (exact) mass is 182 g/mol. The van der Waals surface area contributed by atoms with Gasteiger partial charge in [0.25, 0.3) is 5.56 Å². The molecule has 13 heavy (non-hydrogen) atoms. The average molecular weight is 182 g/mol. The quantitative estimate of drug-likeness (QED) is 0.523. The molecule has 0 unspecified atom stereocenters. The van der Waals surface area contributed by atoms with Crippen molar-refractivity contribution in [2.45, 2.75) is 13.2 Å². The Morgan fingerprint density at radius 2 is 1.85 bits per heavy atom. The van der Waals surface area contributed by atoms with E-state index in [0.29, 0.717) is 24.5 Å². The average Bonchev–Trinajstić information content (AvgIpc) is 2.59. The first-order valence-electron chi connectivity index (χ1n) is 3.98. The summed E-state index contributed by atoms with van der Waals surface area (Å²) in [6.45, 7) is 0.674. The molecule has 0 radical (unpaired) electrons. The van der Waals surface area contributed by atoms with E-state index in [1.165, 1.54) is 11.6 Å². The fourth-order valence-corrected chi connectivity index (χ4v) is 1.53. The summed E-state index contributed by atoms with van der Waals surface area (Å²) in [6.07, 6.45) is 0. The Bertz CT molecular complexity index is 470. The van der Waals surface area contributed by atoms with Crippen molar-refractivity contribution in [3.8, 4) is 0 Å². The Kier molecular flexibility index (Phi) is 1.63. The lowest BCUT2D eigenvalue weighted by Gasteiger charge is -2.06. The maximum absolute atomic E-state index is 11.5. The van der Waals surface area contributed by atoms with Gasteiger partial charge in [-0.3, -0.25) is 13.9 Å². The fourth-order valence-electron chi connectivity index (χ4n) is 1.53. The summed E-state index contributed by atoms with van der Waals surface area (Å²) in [7, 11) is 3.12. The number of nitrogens with zero attached hydrogens (tertiary/aromatic N) is 2. The molecule has 0 spiro atoms. The van der Waals surface area contributed by atoms with Crippen LogP contribution < -0.4 is 11.2 Å². The highest BCUT2D eigenvalue weighted by Gasteiger charge is 2.20. The normalized spacial score (nSPS) is 14.6. The second-order valence-corrected chi connectivity index (χ2v) is 3.12. The zero-order valence-electron chi connectivity index (χ0n) is 7.53. The highest BCUT2D eigenvalue weighted by molar-refractivity contribution is 5.19. The molecule has 0 saturated carbocycles. The molecular formula is C8H10N2O3. The minimum absolute atomic E-state index is 0.240. The van der Waals surface area contributed by atoms with E-state index in [-0.39, 0.29) is 11.2 Å². The molecular weight excluding hydrogens is 172 g/mol. The number of fused-ring (bicyclic) bond motifs is 1. The predicted octanol–water partition coefficient (Wildman–Crippen LogP) is -0.886. The van der Waals surface area contributed by atoms with Gasteiger partial charge in [0.2, 0.25) is 0 Å². The van der Waals surface area contributed by atoms with E-state index < -0.39 is 0 Å². The van der Waals surface area contributed by atoms with E-state index in [2.05, 4.69) is 0 Å². The minimum atomic E-state index is -0.297. The molecule has 0 saturated heterocycles. The second-order valence-electron chi connectivity index (χ2n) is 3.12. The van der Waals surface area contributed by atoms with Gasteiger partial charge in [-0.2, -0.15) is 0 Å². The van der Waals surface area contributed by atoms with Gasteiger partial charge in [-0.15, -0.1) is 0 Å². The topological polar surface area (TPSA) is 53.2 Å². The van der Waals surface area contributed by atoms with E-state index in [0.717, 1.165) is 4.57 Å². The Hall–Kier alpha value is -1.36. The Labute approximate surface area is 74.2 Å². The van der Waals surface area contributed by atoms with Gasteiger partial charge in [0.05, 0.1) is 24.5 Å². The van der Waals surface area contributed by atoms with Gasteiger partial charge < -0.3 is 4.74 Å². The van der Waals surface area contributed by atoms with E-state index in [4.69, 9.17) is 4.74 Å². The van der Waals surface area contributed by atoms with Gasteiger partial charge in [-0.1, -0.05) is 0 Å². The van der Waals surface area contributed by atoms with Crippen LogP contribution in [-0.4, -0.2) is 9.13 Å². The van der Waals surface area contributed by atoms with Crippen LogP contribution in [-0.2, 0) is 32.0 Å². The van der Waals surface area contributed by atoms with Crippen LogP contribution in [0.1, 0.15) is 11.3 Å². The number of rotatable bonds is 0. The van der Waals surface area contributed by atoms with Crippen LogP contribution in [0.3, 0.4) is 0 Å². The molecule has 1 aliphatic heterocycles. The van der Waals surface area contributed by atoms with E-state index >= 15 is 0 Å². The Balaban J connectivity index is 2.93. The van der Waals surface area contributed by atoms with Gasteiger partial charge in [-0.05, 0) is 0 Å². The van der Waals surface area contributed by atoms with Gasteiger partial charge in [0.1, 0.15) is 0 Å². The largest absolute Gasteiger partial charge is 0.370 e. The van der Waals surface area contributed by atoms with Crippen LogP contribution in [0.15, 0.2) is 9.59 Å². The van der Waals surface area contributed by atoms with Crippen LogP contribution in [0.4, 0.5) is 0 Å². The summed E-state index contributed by atoms with van der Waals surface area (Å²) < 4.78 is 7.68. The molecule has 0 atom stereocenters. The molecule has 5 heteroatoms. The maximum Gasteiger partial charge on any atom is 0.330 e. The highest BCUT2D eigenvalue weighted by Crippen LogP contribution is 2.12. The van der Waals surface area contributed by atoms with E-state index in [9.17, 15) is 9.59 Å². The van der Waals surface area contributed by atoms with Crippen molar-refractivity contribution in [2.75, 3.05) is 0 Å². The van der Waals surface area contributed by atoms with E-state index in [1.807, 2.05) is 0 Å². The molecule has 5 nitrogen and oxygen atoms in total. The van der Waals surface area contributed by atoms with Crippen LogP contribution in [0, 0.1) is 0 Å². The predicted molar refractivity (Wildman–Crippen MR) is 45.4 cm³/mol. The van der Waals surface area contributed by atoms with Gasteiger partial charge in [-0.25, -0.2) is 4.79 Å². The second kappa shape index (κ2) is 2.56. The summed E-state index contributed by atoms with van der Waals surface area (Å²) in [4.78, 5) is 22.9. The number of ether oxygens (including phenoxy) is 1. The lowest BCUT2D eigenvalue weighted by molar-refractivity contribution is 0.131. The van der Waals surface area contributed by atoms with Crippen LogP contribution in [0.2, 0.25) is 0 Å². The first-order valence-corrected chi connectivity index (χ1v) is 3.98. The zero-order chi connectivity index (χ0) is 9.59. The third kappa shape index (κ3) is 0.968. The number of hydrogen-bond donors (Lipinski definition) is 0. The smallest absolute Gasteiger partial charge is 0.330 e. The van der Waals surface area contributed by atoms with Crippen molar-refractivity contribution in [3.05, 3.63) is 32.1 Å². The zero-order valence-corrected chi connectivity index (χ0v) is 7.53. The molecule has 0 aliphatic carbocycles. The van der Waals surface area contributed by atoms with Gasteiger partial charge in [0.15, 0.2) is 0 Å². The standard InChI is InChI=1S/C8H10N2O3/c1-9-6-4-13-3-5(6)7(11)10(2)8(9)12/h3-4H2,1-2H3. The van der Waals surface area contributed by atoms with E-state index in [1.54, 1.807) is 7.05 Å². The molecule has 2 rings (SSSR count). The molecule has 0 aromatic carbocycles. The lowest BCUT2D eigenvalue weighted by atomic mass is 10.2. The van der Waals surface area contributed by atoms with Gasteiger partial charge >= 0.3 is 5.69 Å². The third-order valence-corrected chi connectivity index (χ3v) is 2.38. The summed E-state index contributed by atoms with van der Waals surface area (Å²) in [5.74, 6) is 0. The molecule has 2 heterocycles. The Morgan fingerprint density at radius 1 is 1.15 bits per heavy atom. The van der Waals surface area contributed by atoms with Crippen molar-refractivity contribution in [1.29, 1.82) is 0 Å². The Morgan fingerprint density at radius 3 is 2.54 bits per heavy atom. The summed E-state index contributed by atoms with van der Waals surface area (Å²) >= 11 is 0.